The van der Waals surface area contributed by atoms with Crippen LogP contribution in [0.3, 0.4) is 0 Å². The van der Waals surface area contributed by atoms with Crippen molar-refractivity contribution in [2.75, 3.05) is 25.1 Å². The molecule has 1 atom stereocenters. The number of benzene rings is 1. The van der Waals surface area contributed by atoms with Crippen LogP contribution in [0, 0.1) is 11.6 Å². The molecule has 182 valence electrons. The third kappa shape index (κ3) is 4.26. The van der Waals surface area contributed by atoms with Crippen molar-refractivity contribution < 1.29 is 27.8 Å². The first kappa shape index (κ1) is 23.0. The highest BCUT2D eigenvalue weighted by Crippen LogP contribution is 2.39. The second-order valence-electron chi connectivity index (χ2n) is 7.92. The molecule has 0 unspecified atom stereocenters. The van der Waals surface area contributed by atoms with Crippen LogP contribution in [0.4, 0.5) is 18.9 Å². The van der Waals surface area contributed by atoms with Crippen molar-refractivity contribution in [3.05, 3.63) is 53.7 Å². The van der Waals surface area contributed by atoms with Crippen molar-refractivity contribution in [2.45, 2.75) is 5.67 Å². The van der Waals surface area contributed by atoms with Crippen LogP contribution in [-0.4, -0.2) is 56.1 Å². The lowest BCUT2D eigenvalue weighted by Gasteiger charge is -2.26. The predicted molar refractivity (Wildman–Crippen MR) is 123 cm³/mol. The number of hydrogen-bond donors (Lipinski definition) is 3. The molecule has 13 heteroatoms. The Balaban J connectivity index is 1.45. The van der Waals surface area contributed by atoms with E-state index in [1.807, 2.05) is 0 Å². The zero-order valence-corrected chi connectivity index (χ0v) is 18.9. The average Bonchev–Trinajstić information content (AvgIpc) is 3.41. The van der Waals surface area contributed by atoms with Gasteiger partial charge in [0.2, 0.25) is 5.28 Å². The van der Waals surface area contributed by atoms with Crippen LogP contribution < -0.4 is 10.1 Å². The highest BCUT2D eigenvalue weighted by Gasteiger charge is 2.34. The van der Waals surface area contributed by atoms with Crippen LogP contribution in [0.1, 0.15) is 0 Å². The van der Waals surface area contributed by atoms with Crippen molar-refractivity contribution in [3.63, 3.8) is 0 Å². The zero-order chi connectivity index (χ0) is 24.7. The maximum Gasteiger partial charge on any atom is 0.289 e. The summed E-state index contributed by atoms with van der Waals surface area (Å²) in [5.74, 6) is -2.47. The summed E-state index contributed by atoms with van der Waals surface area (Å²) in [4.78, 5) is 15.1. The number of imidazole rings is 1. The molecule has 0 amide bonds. The average molecular weight is 507 g/mol. The van der Waals surface area contributed by atoms with E-state index in [0.29, 0.717) is 22.3 Å². The summed E-state index contributed by atoms with van der Waals surface area (Å²) in [5.41, 5.74) is -0.302. The Hall–Kier alpha value is -3.77. The van der Waals surface area contributed by atoms with E-state index in [0.717, 1.165) is 12.1 Å². The molecular weight excluding hydrogens is 489 g/mol. The molecule has 0 saturated carbocycles. The van der Waals surface area contributed by atoms with Crippen molar-refractivity contribution >= 4 is 34.3 Å². The van der Waals surface area contributed by atoms with Gasteiger partial charge in [-0.25, -0.2) is 28.1 Å². The van der Waals surface area contributed by atoms with Crippen LogP contribution >= 0.6 is 11.6 Å². The molecule has 0 aliphatic carbocycles. The molecule has 1 aromatic carbocycles. The van der Waals surface area contributed by atoms with Gasteiger partial charge in [0.25, 0.3) is 6.02 Å². The standard InChI is InChI=1S/C22H18ClF3N6O3/c1-32-15(7-29-20(32)23)12-6-28-19-17(12)16(2-3-27-19)35-18-13(24)4-11(5-14(18)25)31-21-30-8-22(26,9-33)10-34-21/h2-7,33H,8-10H2,1H3,(H,27,28)(H,30,31)/t22-/m1/s1. The number of anilines is 1. The molecule has 35 heavy (non-hydrogen) atoms. The summed E-state index contributed by atoms with van der Waals surface area (Å²) in [6, 6.07) is 3.34. The van der Waals surface area contributed by atoms with Gasteiger partial charge in [0.15, 0.2) is 23.1 Å². The molecule has 3 aromatic heterocycles. The fourth-order valence-electron chi connectivity index (χ4n) is 3.59. The van der Waals surface area contributed by atoms with E-state index < -0.39 is 36.3 Å². The minimum absolute atomic E-state index is 0.0202. The molecular formula is C22H18ClF3N6O3. The molecule has 0 radical (unpaired) electrons. The largest absolute Gasteiger partial charge is 0.461 e. The van der Waals surface area contributed by atoms with E-state index in [-0.39, 0.29) is 29.3 Å². The van der Waals surface area contributed by atoms with Gasteiger partial charge >= 0.3 is 0 Å². The number of aromatic amines is 1. The van der Waals surface area contributed by atoms with Gasteiger partial charge < -0.3 is 29.4 Å². The number of rotatable bonds is 5. The lowest BCUT2D eigenvalue weighted by molar-refractivity contribution is 0.0181. The number of halogens is 4. The molecule has 4 aromatic rings. The van der Waals surface area contributed by atoms with Gasteiger partial charge in [-0.05, 0) is 17.7 Å². The first-order valence-corrected chi connectivity index (χ1v) is 10.7. The highest BCUT2D eigenvalue weighted by atomic mass is 35.5. The van der Waals surface area contributed by atoms with Crippen LogP contribution in [0.15, 0.2) is 41.8 Å². The fraction of sp³-hybridized carbons (Fsp3) is 0.227. The number of nitrogens with one attached hydrogen (secondary N) is 2. The number of nitrogens with zero attached hydrogens (tertiary/aromatic N) is 4. The predicted octanol–water partition coefficient (Wildman–Crippen LogP) is 4.19. The van der Waals surface area contributed by atoms with Crippen molar-refractivity contribution in [3.8, 4) is 22.8 Å². The van der Waals surface area contributed by atoms with Gasteiger partial charge in [-0.3, -0.25) is 0 Å². The summed E-state index contributed by atoms with van der Waals surface area (Å²) in [5, 5.41) is 12.4. The number of amidine groups is 1. The summed E-state index contributed by atoms with van der Waals surface area (Å²) >= 11 is 6.06. The number of aliphatic imine (C=N–C) groups is 1. The van der Waals surface area contributed by atoms with Gasteiger partial charge in [0.1, 0.15) is 18.0 Å². The third-order valence-corrected chi connectivity index (χ3v) is 5.81. The maximum absolute atomic E-state index is 14.9. The van der Waals surface area contributed by atoms with E-state index in [2.05, 4.69) is 25.3 Å². The van der Waals surface area contributed by atoms with Gasteiger partial charge in [-0.2, -0.15) is 0 Å². The molecule has 0 saturated heterocycles. The Morgan fingerprint density at radius 3 is 2.71 bits per heavy atom. The molecule has 9 nitrogen and oxygen atoms in total. The number of ether oxygens (including phenoxy) is 2. The monoisotopic (exact) mass is 506 g/mol. The SMILES string of the molecule is Cn1c(-c2c[nH]c3nccc(Oc4c(F)cc(NC5=NC[C@@](F)(CO)CO5)cc4F)c23)cnc1Cl. The van der Waals surface area contributed by atoms with E-state index in [4.69, 9.17) is 26.2 Å². The number of alkyl halides is 1. The Labute approximate surface area is 201 Å². The smallest absolute Gasteiger partial charge is 0.289 e. The quantitative estimate of drug-likeness (QED) is 0.374. The van der Waals surface area contributed by atoms with Gasteiger partial charge in [-0.15, -0.1) is 0 Å². The minimum atomic E-state index is -1.99. The minimum Gasteiger partial charge on any atom is -0.461 e. The van der Waals surface area contributed by atoms with Crippen LogP contribution in [0.2, 0.25) is 5.28 Å². The second kappa shape index (κ2) is 8.78. The Kier molecular flexibility index (Phi) is 5.77. The summed E-state index contributed by atoms with van der Waals surface area (Å²) < 4.78 is 56.2. The Morgan fingerprint density at radius 2 is 2.09 bits per heavy atom. The molecule has 3 N–H and O–H groups in total. The summed E-state index contributed by atoms with van der Waals surface area (Å²) in [6.45, 7) is -1.55. The van der Waals surface area contributed by atoms with Crippen LogP contribution in [0.5, 0.6) is 11.5 Å². The molecule has 0 bridgehead atoms. The van der Waals surface area contributed by atoms with Gasteiger partial charge in [0.05, 0.1) is 30.4 Å². The van der Waals surface area contributed by atoms with Crippen LogP contribution in [-0.2, 0) is 11.8 Å². The lowest BCUT2D eigenvalue weighted by atomic mass is 10.1. The third-order valence-electron chi connectivity index (χ3n) is 5.46. The van der Waals surface area contributed by atoms with Crippen molar-refractivity contribution in [1.82, 2.24) is 19.5 Å². The number of H-pyrrole nitrogens is 1. The van der Waals surface area contributed by atoms with E-state index in [9.17, 15) is 13.2 Å². The second-order valence-corrected chi connectivity index (χ2v) is 8.26. The number of aliphatic hydroxyl groups is 1. The Bertz CT molecular complexity index is 1430. The fourth-order valence-corrected chi connectivity index (χ4v) is 3.73. The maximum atomic E-state index is 14.9. The zero-order valence-electron chi connectivity index (χ0n) is 18.1. The molecule has 0 fully saturated rings. The highest BCUT2D eigenvalue weighted by molar-refractivity contribution is 6.28. The number of pyridine rings is 1. The number of aliphatic hydroxyl groups excluding tert-OH is 1. The first-order chi connectivity index (χ1) is 16.8. The summed E-state index contributed by atoms with van der Waals surface area (Å²) in [7, 11) is 1.73. The normalized spacial score (nSPS) is 17.8. The molecule has 5 rings (SSSR count). The molecule has 0 spiro atoms. The first-order valence-electron chi connectivity index (χ1n) is 10.3. The van der Waals surface area contributed by atoms with E-state index in [1.165, 1.54) is 12.3 Å². The number of aromatic nitrogens is 4. The summed E-state index contributed by atoms with van der Waals surface area (Å²) in [6.07, 6.45) is 4.67. The van der Waals surface area contributed by atoms with Crippen molar-refractivity contribution in [2.24, 2.45) is 12.0 Å². The van der Waals surface area contributed by atoms with Gasteiger partial charge in [-0.1, -0.05) is 0 Å². The van der Waals surface area contributed by atoms with E-state index >= 15 is 0 Å². The molecule has 1 aliphatic heterocycles. The van der Waals surface area contributed by atoms with Crippen LogP contribution in [0.25, 0.3) is 22.3 Å². The molecule has 1 aliphatic rings. The molecule has 4 heterocycles. The van der Waals surface area contributed by atoms with Crippen molar-refractivity contribution in [1.29, 1.82) is 0 Å². The number of fused-ring (bicyclic) bond motifs is 1. The Morgan fingerprint density at radius 1 is 1.31 bits per heavy atom. The van der Waals surface area contributed by atoms with Gasteiger partial charge in [0, 0.05) is 42.8 Å². The lowest BCUT2D eigenvalue weighted by Crippen LogP contribution is -2.43. The topological polar surface area (TPSA) is 110 Å². The van der Waals surface area contributed by atoms with E-state index in [1.54, 1.807) is 24.0 Å². The number of hydrogen-bond acceptors (Lipinski definition) is 7.